The molecule has 0 spiro atoms. The summed E-state index contributed by atoms with van der Waals surface area (Å²) in [6.07, 6.45) is 6.06. The summed E-state index contributed by atoms with van der Waals surface area (Å²) in [5.74, 6) is 0.756. The Morgan fingerprint density at radius 3 is 2.86 bits per heavy atom. The molecule has 120 valence electrons. The minimum atomic E-state index is -1.75. The van der Waals surface area contributed by atoms with Crippen LogP contribution in [0.4, 0.5) is 5.13 Å². The molecule has 1 aromatic rings. The maximum atomic E-state index is 8.84. The SMILES string of the molecule is CCCN1CCC[C@H]2Cc3nc([N+]#N)sc3C[C@@H]21.O=[N+]([O-])[O-]. The van der Waals surface area contributed by atoms with Crippen LogP contribution in [0.5, 0.6) is 0 Å². The lowest BCUT2D eigenvalue weighted by Gasteiger charge is -2.42. The van der Waals surface area contributed by atoms with Crippen LogP contribution >= 0.6 is 11.3 Å². The van der Waals surface area contributed by atoms with Crippen molar-refractivity contribution in [3.05, 3.63) is 30.9 Å². The zero-order valence-electron chi connectivity index (χ0n) is 12.5. The maximum absolute atomic E-state index is 8.84. The number of thiazole rings is 1. The van der Waals surface area contributed by atoms with Gasteiger partial charge in [-0.1, -0.05) is 6.92 Å². The normalized spacial score (nSPS) is 23.5. The molecule has 22 heavy (non-hydrogen) atoms. The van der Waals surface area contributed by atoms with E-state index in [1.54, 1.807) is 11.3 Å². The first-order valence-corrected chi connectivity index (χ1v) is 8.26. The van der Waals surface area contributed by atoms with Crippen molar-refractivity contribution in [2.45, 2.75) is 45.1 Å². The average molecular weight is 325 g/mol. The van der Waals surface area contributed by atoms with Crippen molar-refractivity contribution in [2.75, 3.05) is 13.1 Å². The Morgan fingerprint density at radius 2 is 2.23 bits per heavy atom. The molecular weight excluding hydrogens is 306 g/mol. The Hall–Kier alpha value is -1.79. The molecule has 1 saturated heterocycles. The van der Waals surface area contributed by atoms with Crippen molar-refractivity contribution in [1.82, 2.24) is 9.88 Å². The van der Waals surface area contributed by atoms with Gasteiger partial charge in [-0.3, -0.25) is 4.90 Å². The van der Waals surface area contributed by atoms with Gasteiger partial charge in [0.1, 0.15) is 0 Å². The second-order valence-electron chi connectivity index (χ2n) is 5.60. The second-order valence-corrected chi connectivity index (χ2v) is 6.67. The number of aromatic nitrogens is 1. The van der Waals surface area contributed by atoms with Gasteiger partial charge in [0.2, 0.25) is 0 Å². The number of likely N-dealkylation sites (tertiary alicyclic amines) is 1. The zero-order chi connectivity index (χ0) is 16.1. The standard InChI is InChI=1S/C13H19N4S.NO3/c1-2-5-17-6-3-4-9-7-10-12(8-11(9)17)18-13(15-10)16-14;2-1(3)4/h9,11H,2-8H2,1H3;/q+1;-1/t9-,11-;/m0./s1. The molecule has 1 aromatic heterocycles. The summed E-state index contributed by atoms with van der Waals surface area (Å²) in [7, 11) is 0. The zero-order valence-corrected chi connectivity index (χ0v) is 13.3. The van der Waals surface area contributed by atoms with Crippen molar-refractivity contribution in [2.24, 2.45) is 5.92 Å². The molecule has 2 atom stereocenters. The monoisotopic (exact) mass is 325 g/mol. The minimum absolute atomic E-state index is 0.528. The Morgan fingerprint density at radius 1 is 1.50 bits per heavy atom. The molecule has 3 rings (SSSR count). The smallest absolute Gasteiger partial charge is 0.356 e. The van der Waals surface area contributed by atoms with E-state index in [0.29, 0.717) is 11.2 Å². The van der Waals surface area contributed by atoms with Crippen LogP contribution in [0.1, 0.15) is 36.8 Å². The topological polar surface area (TPSA) is 110 Å². The van der Waals surface area contributed by atoms with E-state index in [9.17, 15) is 0 Å². The lowest BCUT2D eigenvalue weighted by molar-refractivity contribution is -0.402. The van der Waals surface area contributed by atoms with Crippen molar-refractivity contribution >= 4 is 16.5 Å². The molecule has 0 N–H and O–H groups in total. The number of hydrogen-bond acceptors (Lipinski definition) is 7. The summed E-state index contributed by atoms with van der Waals surface area (Å²) in [5, 5.41) is 24.1. The fourth-order valence-corrected chi connectivity index (χ4v) is 4.40. The summed E-state index contributed by atoms with van der Waals surface area (Å²) in [4.78, 5) is 19.9. The van der Waals surface area contributed by atoms with E-state index < -0.39 is 5.09 Å². The number of rotatable bonds is 2. The molecule has 0 amide bonds. The Balaban J connectivity index is 0.000000396. The highest BCUT2D eigenvalue weighted by atomic mass is 32.1. The first-order valence-electron chi connectivity index (χ1n) is 7.44. The number of piperidine rings is 1. The van der Waals surface area contributed by atoms with E-state index in [1.165, 1.54) is 42.9 Å². The molecule has 1 fully saturated rings. The van der Waals surface area contributed by atoms with E-state index in [1.807, 2.05) is 0 Å². The van der Waals surface area contributed by atoms with Gasteiger partial charge in [-0.2, -0.15) is 0 Å². The molecule has 0 radical (unpaired) electrons. The van der Waals surface area contributed by atoms with Crippen LogP contribution in [0.2, 0.25) is 0 Å². The van der Waals surface area contributed by atoms with E-state index in [4.69, 9.17) is 20.7 Å². The van der Waals surface area contributed by atoms with Gasteiger partial charge in [-0.05, 0) is 54.6 Å². The predicted octanol–water partition coefficient (Wildman–Crippen LogP) is 2.98. The number of hydrogen-bond donors (Lipinski definition) is 0. The first kappa shape index (κ1) is 16.6. The van der Waals surface area contributed by atoms with Gasteiger partial charge in [-0.15, -0.1) is 0 Å². The number of nitrogens with zero attached hydrogens (tertiary/aromatic N) is 5. The van der Waals surface area contributed by atoms with E-state index in [-0.39, 0.29) is 0 Å². The quantitative estimate of drug-likeness (QED) is 0.469. The molecule has 0 saturated carbocycles. The largest absolute Gasteiger partial charge is 0.523 e. The van der Waals surface area contributed by atoms with Crippen LogP contribution in [-0.4, -0.2) is 34.1 Å². The van der Waals surface area contributed by atoms with Gasteiger partial charge in [0.25, 0.3) is 0 Å². The highest BCUT2D eigenvalue weighted by Gasteiger charge is 2.39. The summed E-state index contributed by atoms with van der Waals surface area (Å²) in [6.45, 7) is 4.72. The van der Waals surface area contributed by atoms with Gasteiger partial charge in [0.05, 0.1) is 15.4 Å². The molecule has 1 aliphatic heterocycles. The summed E-state index contributed by atoms with van der Waals surface area (Å²) in [6, 6.07) is 0.693. The van der Waals surface area contributed by atoms with Crippen molar-refractivity contribution in [1.29, 1.82) is 5.39 Å². The van der Waals surface area contributed by atoms with Gasteiger partial charge >= 0.3 is 5.13 Å². The Labute approximate surface area is 132 Å². The lowest BCUT2D eigenvalue weighted by Crippen LogP contribution is -2.49. The fourth-order valence-electron chi connectivity index (χ4n) is 3.48. The molecule has 0 bridgehead atoms. The second kappa shape index (κ2) is 7.47. The third-order valence-corrected chi connectivity index (χ3v) is 5.25. The predicted molar refractivity (Wildman–Crippen MR) is 83.0 cm³/mol. The van der Waals surface area contributed by atoms with E-state index in [2.05, 4.69) is 21.8 Å². The number of fused-ring (bicyclic) bond motifs is 2. The van der Waals surface area contributed by atoms with Crippen LogP contribution in [0.3, 0.4) is 0 Å². The van der Waals surface area contributed by atoms with Crippen LogP contribution in [0, 0.1) is 26.6 Å². The van der Waals surface area contributed by atoms with Crippen LogP contribution in [-0.2, 0) is 12.8 Å². The summed E-state index contributed by atoms with van der Waals surface area (Å²) < 4.78 is 0. The molecule has 2 heterocycles. The van der Waals surface area contributed by atoms with Gasteiger partial charge in [-0.25, -0.2) is 0 Å². The third-order valence-electron chi connectivity index (χ3n) is 4.25. The van der Waals surface area contributed by atoms with Crippen molar-refractivity contribution in [3.63, 3.8) is 0 Å². The molecule has 0 unspecified atom stereocenters. The molecule has 1 aliphatic carbocycles. The van der Waals surface area contributed by atoms with E-state index >= 15 is 0 Å². The minimum Gasteiger partial charge on any atom is -0.356 e. The number of diazo groups is 1. The highest BCUT2D eigenvalue weighted by Crippen LogP contribution is 2.39. The molecule has 2 aliphatic rings. The molecular formula is C13H19N5O3S. The van der Waals surface area contributed by atoms with Crippen LogP contribution < -0.4 is 0 Å². The average Bonchev–Trinajstić information content (AvgIpc) is 2.87. The molecule has 0 aromatic carbocycles. The summed E-state index contributed by atoms with van der Waals surface area (Å²) in [5.41, 5.74) is 1.19. The van der Waals surface area contributed by atoms with E-state index in [0.717, 1.165) is 18.8 Å². The maximum Gasteiger partial charge on any atom is 0.523 e. The fraction of sp³-hybridized carbons (Fsp3) is 0.769. The van der Waals surface area contributed by atoms with Crippen LogP contribution in [0.15, 0.2) is 0 Å². The Kier molecular flexibility index (Phi) is 5.63. The van der Waals surface area contributed by atoms with Gasteiger partial charge in [0, 0.05) is 23.9 Å². The van der Waals surface area contributed by atoms with Crippen LogP contribution in [0.25, 0.3) is 4.98 Å². The lowest BCUT2D eigenvalue weighted by atomic mass is 9.79. The molecule has 9 heteroatoms. The van der Waals surface area contributed by atoms with Gasteiger partial charge < -0.3 is 15.3 Å². The highest BCUT2D eigenvalue weighted by molar-refractivity contribution is 7.15. The van der Waals surface area contributed by atoms with Crippen molar-refractivity contribution < 1.29 is 5.09 Å². The Bertz CT molecular complexity index is 565. The molecule has 8 nitrogen and oxygen atoms in total. The third kappa shape index (κ3) is 3.90. The van der Waals surface area contributed by atoms with Crippen molar-refractivity contribution in [3.8, 4) is 0 Å². The first-order chi connectivity index (χ1) is 10.5. The van der Waals surface area contributed by atoms with Gasteiger partial charge in [0.15, 0.2) is 5.69 Å². The summed E-state index contributed by atoms with van der Waals surface area (Å²) >= 11 is 1.56.